The van der Waals surface area contributed by atoms with E-state index in [1.165, 1.54) is 6.26 Å². The first-order valence-electron chi connectivity index (χ1n) is 6.88. The van der Waals surface area contributed by atoms with Crippen molar-refractivity contribution in [1.82, 2.24) is 5.32 Å². The van der Waals surface area contributed by atoms with Crippen LogP contribution in [-0.2, 0) is 16.0 Å². The normalized spacial score (nSPS) is 10.2. The number of hydrogen-bond acceptors (Lipinski definition) is 4. The van der Waals surface area contributed by atoms with Crippen molar-refractivity contribution in [2.24, 2.45) is 0 Å². The number of anilines is 1. The van der Waals surface area contributed by atoms with E-state index in [1.807, 2.05) is 0 Å². The molecule has 116 valence electrons. The van der Waals surface area contributed by atoms with Gasteiger partial charge < -0.3 is 19.8 Å². The average Bonchev–Trinajstić information content (AvgIpc) is 3.04. The minimum atomic E-state index is -0.310. The highest BCUT2D eigenvalue weighted by atomic mass is 16.5. The molecule has 2 amide bonds. The molecule has 0 atom stereocenters. The molecular weight excluding hydrogens is 284 g/mol. The Labute approximate surface area is 128 Å². The number of carbonyl (C=O) groups is 2. The summed E-state index contributed by atoms with van der Waals surface area (Å²) in [5.74, 6) is -0.124. The fourth-order valence-electron chi connectivity index (χ4n) is 1.85. The zero-order valence-electron chi connectivity index (χ0n) is 12.3. The Balaban J connectivity index is 1.85. The minimum absolute atomic E-state index is 0.0654. The lowest BCUT2D eigenvalue weighted by Gasteiger charge is -2.06. The van der Waals surface area contributed by atoms with E-state index in [0.29, 0.717) is 18.8 Å². The maximum atomic E-state index is 11.8. The number of rotatable bonds is 7. The van der Waals surface area contributed by atoms with Crippen molar-refractivity contribution in [2.45, 2.75) is 6.42 Å². The van der Waals surface area contributed by atoms with Gasteiger partial charge in [-0.25, -0.2) is 0 Å². The van der Waals surface area contributed by atoms with E-state index in [0.717, 1.165) is 5.56 Å². The van der Waals surface area contributed by atoms with Gasteiger partial charge in [0.15, 0.2) is 5.76 Å². The summed E-state index contributed by atoms with van der Waals surface area (Å²) in [7, 11) is 1.59. The van der Waals surface area contributed by atoms with Crippen LogP contribution in [0.2, 0.25) is 0 Å². The van der Waals surface area contributed by atoms with E-state index in [2.05, 4.69) is 10.6 Å². The third-order valence-electron chi connectivity index (χ3n) is 2.95. The van der Waals surface area contributed by atoms with Crippen LogP contribution in [0.3, 0.4) is 0 Å². The van der Waals surface area contributed by atoms with Gasteiger partial charge in [-0.05, 0) is 29.8 Å². The van der Waals surface area contributed by atoms with E-state index in [9.17, 15) is 9.59 Å². The quantitative estimate of drug-likeness (QED) is 0.765. The molecule has 6 nitrogen and oxygen atoms in total. The number of methoxy groups -OCH3 is 1. The summed E-state index contributed by atoms with van der Waals surface area (Å²) in [5.41, 5.74) is 1.51. The van der Waals surface area contributed by atoms with Crippen LogP contribution in [0.1, 0.15) is 16.1 Å². The minimum Gasteiger partial charge on any atom is -0.459 e. The number of hydrogen-bond donors (Lipinski definition) is 2. The highest BCUT2D eigenvalue weighted by Gasteiger charge is 2.09. The number of furan rings is 1. The van der Waals surface area contributed by atoms with Gasteiger partial charge in [0, 0.05) is 19.3 Å². The average molecular weight is 302 g/mol. The fraction of sp³-hybridized carbons (Fsp3) is 0.250. The Kier molecular flexibility index (Phi) is 5.73. The molecule has 0 saturated heterocycles. The molecule has 0 fully saturated rings. The molecule has 0 unspecified atom stereocenters. The monoisotopic (exact) mass is 302 g/mol. The van der Waals surface area contributed by atoms with Gasteiger partial charge in [-0.1, -0.05) is 12.1 Å². The molecule has 6 heteroatoms. The summed E-state index contributed by atoms with van der Waals surface area (Å²) < 4.78 is 9.88. The molecule has 0 radical (unpaired) electrons. The molecule has 0 aliphatic carbocycles. The molecule has 0 bridgehead atoms. The molecular formula is C16H18N2O4. The molecule has 1 aromatic heterocycles. The zero-order valence-corrected chi connectivity index (χ0v) is 12.3. The summed E-state index contributed by atoms with van der Waals surface area (Å²) in [4.78, 5) is 23.5. The first-order valence-corrected chi connectivity index (χ1v) is 6.88. The molecule has 0 aliphatic rings. The second kappa shape index (κ2) is 7.99. The van der Waals surface area contributed by atoms with Gasteiger partial charge in [0.2, 0.25) is 5.91 Å². The van der Waals surface area contributed by atoms with Crippen molar-refractivity contribution in [3.05, 3.63) is 54.0 Å². The van der Waals surface area contributed by atoms with Crippen LogP contribution in [0.15, 0.2) is 47.1 Å². The first kappa shape index (κ1) is 15.8. The highest BCUT2D eigenvalue weighted by Crippen LogP contribution is 2.12. The van der Waals surface area contributed by atoms with Gasteiger partial charge in [-0.2, -0.15) is 0 Å². The first-order chi connectivity index (χ1) is 10.7. The molecule has 1 heterocycles. The Morgan fingerprint density at radius 3 is 2.59 bits per heavy atom. The van der Waals surface area contributed by atoms with E-state index in [1.54, 1.807) is 43.5 Å². The molecule has 2 N–H and O–H groups in total. The van der Waals surface area contributed by atoms with Crippen molar-refractivity contribution in [1.29, 1.82) is 0 Å². The lowest BCUT2D eigenvalue weighted by atomic mass is 10.1. The van der Waals surface area contributed by atoms with Crippen LogP contribution >= 0.6 is 0 Å². The van der Waals surface area contributed by atoms with Crippen molar-refractivity contribution in [2.75, 3.05) is 25.6 Å². The van der Waals surface area contributed by atoms with Crippen LogP contribution < -0.4 is 10.6 Å². The zero-order chi connectivity index (χ0) is 15.8. The smallest absolute Gasteiger partial charge is 0.291 e. The summed E-state index contributed by atoms with van der Waals surface area (Å²) in [6, 6.07) is 10.3. The Bertz CT molecular complexity index is 606. The number of ether oxygens (including phenoxy) is 1. The second-order valence-electron chi connectivity index (χ2n) is 4.65. The summed E-state index contributed by atoms with van der Waals surface area (Å²) in [6.45, 7) is 0.982. The van der Waals surface area contributed by atoms with E-state index < -0.39 is 0 Å². The fourth-order valence-corrected chi connectivity index (χ4v) is 1.85. The van der Waals surface area contributed by atoms with Gasteiger partial charge in [0.05, 0.1) is 19.3 Å². The largest absolute Gasteiger partial charge is 0.459 e. The van der Waals surface area contributed by atoms with Gasteiger partial charge >= 0.3 is 0 Å². The molecule has 2 aromatic rings. The van der Waals surface area contributed by atoms with Gasteiger partial charge in [0.25, 0.3) is 5.91 Å². The van der Waals surface area contributed by atoms with Crippen LogP contribution in [0.25, 0.3) is 0 Å². The van der Waals surface area contributed by atoms with E-state index >= 15 is 0 Å². The summed E-state index contributed by atoms with van der Waals surface area (Å²) >= 11 is 0. The van der Waals surface area contributed by atoms with E-state index in [-0.39, 0.29) is 24.0 Å². The van der Waals surface area contributed by atoms with E-state index in [4.69, 9.17) is 9.15 Å². The lowest BCUT2D eigenvalue weighted by Crippen LogP contribution is -2.28. The van der Waals surface area contributed by atoms with Gasteiger partial charge in [-0.15, -0.1) is 0 Å². The van der Waals surface area contributed by atoms with Gasteiger partial charge in [-0.3, -0.25) is 9.59 Å². The number of carbonyl (C=O) groups excluding carboxylic acids is 2. The Hall–Kier alpha value is -2.60. The molecule has 0 saturated carbocycles. The Morgan fingerprint density at radius 2 is 1.95 bits per heavy atom. The van der Waals surface area contributed by atoms with Crippen LogP contribution in [0.5, 0.6) is 0 Å². The molecule has 0 spiro atoms. The van der Waals surface area contributed by atoms with Crippen LogP contribution in [0, 0.1) is 0 Å². The molecule has 2 rings (SSSR count). The summed E-state index contributed by atoms with van der Waals surface area (Å²) in [6.07, 6.45) is 1.73. The molecule has 22 heavy (non-hydrogen) atoms. The van der Waals surface area contributed by atoms with Crippen molar-refractivity contribution >= 4 is 17.5 Å². The maximum absolute atomic E-state index is 11.8. The SMILES string of the molecule is COCCNC(=O)Cc1ccc(NC(=O)c2ccco2)cc1. The maximum Gasteiger partial charge on any atom is 0.291 e. The predicted octanol–water partition coefficient (Wildman–Crippen LogP) is 1.84. The number of benzene rings is 1. The molecule has 1 aromatic carbocycles. The lowest BCUT2D eigenvalue weighted by molar-refractivity contribution is -0.120. The predicted molar refractivity (Wildman–Crippen MR) is 81.7 cm³/mol. The van der Waals surface area contributed by atoms with Crippen LogP contribution in [-0.4, -0.2) is 32.1 Å². The highest BCUT2D eigenvalue weighted by molar-refractivity contribution is 6.02. The van der Waals surface area contributed by atoms with Crippen molar-refractivity contribution in [3.8, 4) is 0 Å². The standard InChI is InChI=1S/C16H18N2O4/c1-21-10-8-17-15(19)11-12-4-6-13(7-5-12)18-16(20)14-3-2-9-22-14/h2-7,9H,8,10-11H2,1H3,(H,17,19)(H,18,20). The third kappa shape index (κ3) is 4.75. The number of amides is 2. The second-order valence-corrected chi connectivity index (χ2v) is 4.65. The third-order valence-corrected chi connectivity index (χ3v) is 2.95. The van der Waals surface area contributed by atoms with Crippen molar-refractivity contribution in [3.63, 3.8) is 0 Å². The molecule has 0 aliphatic heterocycles. The van der Waals surface area contributed by atoms with Crippen LogP contribution in [0.4, 0.5) is 5.69 Å². The van der Waals surface area contributed by atoms with Gasteiger partial charge in [0.1, 0.15) is 0 Å². The summed E-state index contributed by atoms with van der Waals surface area (Å²) in [5, 5.41) is 5.47. The topological polar surface area (TPSA) is 80.6 Å². The Morgan fingerprint density at radius 1 is 1.18 bits per heavy atom. The number of nitrogens with one attached hydrogen (secondary N) is 2. The van der Waals surface area contributed by atoms with Crippen molar-refractivity contribution < 1.29 is 18.7 Å².